The number of aliphatic hydroxyl groups is 1. The molecule has 84 valence electrons. The molecule has 1 aromatic carbocycles. The van der Waals surface area contributed by atoms with Crippen LogP contribution < -0.4 is 5.73 Å². The van der Waals surface area contributed by atoms with Crippen molar-refractivity contribution >= 4 is 31.9 Å². The third-order valence-electron chi connectivity index (χ3n) is 2.26. The third kappa shape index (κ3) is 2.93. The number of rotatable bonds is 3. The van der Waals surface area contributed by atoms with Crippen LogP contribution in [0.3, 0.4) is 0 Å². The Balaban J connectivity index is 3.06. The van der Waals surface area contributed by atoms with Crippen molar-refractivity contribution in [1.29, 1.82) is 0 Å². The van der Waals surface area contributed by atoms with Gasteiger partial charge in [-0.3, -0.25) is 0 Å². The fourth-order valence-corrected chi connectivity index (χ4v) is 2.48. The Morgan fingerprint density at radius 1 is 1.33 bits per heavy atom. The molecule has 0 radical (unpaired) electrons. The van der Waals surface area contributed by atoms with Gasteiger partial charge in [-0.05, 0) is 56.0 Å². The third-order valence-corrected chi connectivity index (χ3v) is 3.47. The molecule has 0 aliphatic rings. The molecule has 1 rings (SSSR count). The first-order valence-corrected chi connectivity index (χ1v) is 6.17. The summed E-state index contributed by atoms with van der Waals surface area (Å²) in [6.07, 6.45) is 0.0189. The lowest BCUT2D eigenvalue weighted by atomic mass is 10.0. The van der Waals surface area contributed by atoms with E-state index in [2.05, 4.69) is 31.9 Å². The zero-order valence-electron chi connectivity index (χ0n) is 8.24. The number of hydrogen-bond acceptors (Lipinski definition) is 3. The zero-order valence-corrected chi connectivity index (χ0v) is 11.4. The molecular weight excluding hydrogens is 326 g/mol. The number of phenols is 1. The van der Waals surface area contributed by atoms with Crippen molar-refractivity contribution < 1.29 is 10.2 Å². The van der Waals surface area contributed by atoms with Crippen LogP contribution in [0, 0.1) is 0 Å². The van der Waals surface area contributed by atoms with Crippen LogP contribution >= 0.6 is 31.9 Å². The molecule has 5 heteroatoms. The molecule has 0 saturated carbocycles. The summed E-state index contributed by atoms with van der Waals surface area (Å²) in [5.41, 5.74) is 6.64. The highest BCUT2D eigenvalue weighted by Gasteiger charge is 2.17. The van der Waals surface area contributed by atoms with E-state index in [-0.39, 0.29) is 5.75 Å². The van der Waals surface area contributed by atoms with Gasteiger partial charge >= 0.3 is 0 Å². The fourth-order valence-electron chi connectivity index (χ4n) is 1.25. The van der Waals surface area contributed by atoms with Crippen molar-refractivity contribution in [3.05, 3.63) is 26.6 Å². The number of hydrogen-bond donors (Lipinski definition) is 3. The number of nitrogens with two attached hydrogens (primary N) is 1. The van der Waals surface area contributed by atoms with E-state index in [1.54, 1.807) is 12.1 Å². The molecule has 0 aromatic heterocycles. The Morgan fingerprint density at radius 3 is 2.20 bits per heavy atom. The molecule has 0 amide bonds. The fraction of sp³-hybridized carbons (Fsp3) is 0.400. The summed E-state index contributed by atoms with van der Waals surface area (Å²) in [5.74, 6) is 0.136. The van der Waals surface area contributed by atoms with Crippen LogP contribution in [0.5, 0.6) is 5.75 Å². The molecule has 1 aromatic rings. The maximum Gasteiger partial charge on any atom is 0.143 e. The lowest BCUT2D eigenvalue weighted by molar-refractivity contribution is 0.140. The quantitative estimate of drug-likeness (QED) is 0.793. The Hall–Kier alpha value is -0.100. The van der Waals surface area contributed by atoms with Gasteiger partial charge in [-0.25, -0.2) is 0 Å². The van der Waals surface area contributed by atoms with E-state index in [1.165, 1.54) is 0 Å². The smallest absolute Gasteiger partial charge is 0.143 e. The molecule has 0 heterocycles. The molecule has 0 aliphatic heterocycles. The molecule has 0 bridgehead atoms. The van der Waals surface area contributed by atoms with Crippen LogP contribution in [0.25, 0.3) is 0 Å². The average molecular weight is 339 g/mol. The van der Waals surface area contributed by atoms with Gasteiger partial charge in [-0.1, -0.05) is 6.92 Å². The molecule has 4 N–H and O–H groups in total. The first-order valence-electron chi connectivity index (χ1n) is 4.59. The number of aromatic hydroxyl groups is 1. The lowest BCUT2D eigenvalue weighted by Crippen LogP contribution is -2.25. The molecule has 15 heavy (non-hydrogen) atoms. The van der Waals surface area contributed by atoms with Crippen molar-refractivity contribution in [3.63, 3.8) is 0 Å². The summed E-state index contributed by atoms with van der Waals surface area (Å²) in [4.78, 5) is 0. The highest BCUT2D eigenvalue weighted by Crippen LogP contribution is 2.35. The Kier molecular flexibility index (Phi) is 4.58. The van der Waals surface area contributed by atoms with Crippen molar-refractivity contribution in [3.8, 4) is 5.75 Å². The number of halogens is 2. The second-order valence-electron chi connectivity index (χ2n) is 3.33. The maximum absolute atomic E-state index is 9.61. The SMILES string of the molecule is CC[C@@H](O)[C@@H](N)c1cc(Br)c(O)c(Br)c1. The van der Waals surface area contributed by atoms with Gasteiger partial charge in [-0.2, -0.15) is 0 Å². The van der Waals surface area contributed by atoms with Gasteiger partial charge in [-0.15, -0.1) is 0 Å². The standard InChI is InChI=1S/C10H13Br2NO2/c1-2-8(14)9(13)5-3-6(11)10(15)7(12)4-5/h3-4,8-9,14-15H,2,13H2,1H3/t8-,9+/m1/s1. The zero-order chi connectivity index (χ0) is 11.6. The maximum atomic E-state index is 9.61. The van der Waals surface area contributed by atoms with Crippen LogP contribution in [0.2, 0.25) is 0 Å². The summed E-state index contributed by atoms with van der Waals surface area (Å²) >= 11 is 6.44. The normalized spacial score (nSPS) is 15.0. The summed E-state index contributed by atoms with van der Waals surface area (Å²) in [6, 6.07) is 2.98. The largest absolute Gasteiger partial charge is 0.506 e. The second-order valence-corrected chi connectivity index (χ2v) is 5.04. The molecule has 0 saturated heterocycles. The summed E-state index contributed by atoms with van der Waals surface area (Å²) in [7, 11) is 0. The first kappa shape index (κ1) is 13.0. The predicted molar refractivity (Wildman–Crippen MR) is 66.7 cm³/mol. The van der Waals surface area contributed by atoms with Crippen LogP contribution in [0.4, 0.5) is 0 Å². The molecule has 0 spiro atoms. The van der Waals surface area contributed by atoms with Gasteiger partial charge in [0.15, 0.2) is 0 Å². The van der Waals surface area contributed by atoms with Crippen LogP contribution in [0.15, 0.2) is 21.1 Å². The van der Waals surface area contributed by atoms with Gasteiger partial charge in [0.2, 0.25) is 0 Å². The summed E-state index contributed by atoms with van der Waals surface area (Å²) in [6.45, 7) is 1.87. The number of benzene rings is 1. The molecule has 3 nitrogen and oxygen atoms in total. The monoisotopic (exact) mass is 337 g/mol. The first-order chi connectivity index (χ1) is 6.97. The van der Waals surface area contributed by atoms with Gasteiger partial charge in [0.05, 0.1) is 21.1 Å². The average Bonchev–Trinajstić information content (AvgIpc) is 2.23. The highest BCUT2D eigenvalue weighted by molar-refractivity contribution is 9.11. The number of phenolic OH excluding ortho intramolecular Hbond substituents is 1. The van der Waals surface area contributed by atoms with E-state index in [4.69, 9.17) is 5.73 Å². The molecule has 2 atom stereocenters. The molecule has 0 unspecified atom stereocenters. The Morgan fingerprint density at radius 2 is 1.80 bits per heavy atom. The van der Waals surface area contributed by atoms with Crippen molar-refractivity contribution in [2.24, 2.45) is 5.73 Å². The second kappa shape index (κ2) is 5.30. The van der Waals surface area contributed by atoms with Gasteiger partial charge < -0.3 is 15.9 Å². The van der Waals surface area contributed by atoms with Crippen molar-refractivity contribution in [1.82, 2.24) is 0 Å². The topological polar surface area (TPSA) is 66.5 Å². The van der Waals surface area contributed by atoms with E-state index in [9.17, 15) is 10.2 Å². The van der Waals surface area contributed by atoms with Crippen molar-refractivity contribution in [2.75, 3.05) is 0 Å². The molecule has 0 aliphatic carbocycles. The minimum atomic E-state index is -0.576. The summed E-state index contributed by atoms with van der Waals surface area (Å²) < 4.78 is 1.12. The van der Waals surface area contributed by atoms with E-state index < -0.39 is 12.1 Å². The number of aliphatic hydroxyl groups excluding tert-OH is 1. The Bertz CT molecular complexity index is 334. The van der Waals surface area contributed by atoms with Crippen LogP contribution in [0.1, 0.15) is 24.9 Å². The van der Waals surface area contributed by atoms with Gasteiger partial charge in [0.25, 0.3) is 0 Å². The van der Waals surface area contributed by atoms with E-state index in [0.29, 0.717) is 15.4 Å². The highest BCUT2D eigenvalue weighted by atomic mass is 79.9. The van der Waals surface area contributed by atoms with Gasteiger partial charge in [0, 0.05) is 0 Å². The molecule has 0 fully saturated rings. The minimum Gasteiger partial charge on any atom is -0.506 e. The predicted octanol–water partition coefficient (Wildman–Crippen LogP) is 2.69. The van der Waals surface area contributed by atoms with E-state index in [0.717, 1.165) is 5.56 Å². The summed E-state index contributed by atoms with van der Waals surface area (Å²) in [5, 5.41) is 19.1. The van der Waals surface area contributed by atoms with Crippen LogP contribution in [-0.4, -0.2) is 16.3 Å². The lowest BCUT2D eigenvalue weighted by Gasteiger charge is -2.18. The minimum absolute atomic E-state index is 0.136. The van der Waals surface area contributed by atoms with Crippen LogP contribution in [-0.2, 0) is 0 Å². The van der Waals surface area contributed by atoms with Crippen molar-refractivity contribution in [2.45, 2.75) is 25.5 Å². The Labute approximate surface area is 106 Å². The molecular formula is C10H13Br2NO2. The van der Waals surface area contributed by atoms with E-state index in [1.807, 2.05) is 6.92 Å². The van der Waals surface area contributed by atoms with Gasteiger partial charge in [0.1, 0.15) is 5.75 Å². The van der Waals surface area contributed by atoms with E-state index >= 15 is 0 Å².